The van der Waals surface area contributed by atoms with Gasteiger partial charge in [0.15, 0.2) is 11.6 Å². The first-order valence-corrected chi connectivity index (χ1v) is 6.45. The second-order valence-electron chi connectivity index (χ2n) is 4.64. The highest BCUT2D eigenvalue weighted by Crippen LogP contribution is 2.28. The van der Waals surface area contributed by atoms with E-state index in [0.29, 0.717) is 22.3 Å². The average Bonchev–Trinajstić information content (AvgIpc) is 2.22. The average molecular weight is 287 g/mol. The van der Waals surface area contributed by atoms with E-state index in [-0.39, 0.29) is 5.82 Å². The molecule has 0 saturated carbocycles. The first-order chi connectivity index (χ1) is 7.58. The van der Waals surface area contributed by atoms with Crippen LogP contribution in [0.2, 0.25) is 0 Å². The van der Waals surface area contributed by atoms with Crippen molar-refractivity contribution in [2.45, 2.75) is 32.7 Å². The number of anilines is 1. The number of halogens is 2. The maximum Gasteiger partial charge on any atom is 0.166 e. The van der Waals surface area contributed by atoms with Gasteiger partial charge in [0.2, 0.25) is 0 Å². The highest BCUT2D eigenvalue weighted by Gasteiger charge is 2.25. The highest BCUT2D eigenvalue weighted by molar-refractivity contribution is 9.10. The van der Waals surface area contributed by atoms with Gasteiger partial charge in [-0.15, -0.1) is 0 Å². The topological polar surface area (TPSA) is 16.1 Å². The van der Waals surface area contributed by atoms with Crippen molar-refractivity contribution in [3.8, 4) is 0 Å². The van der Waals surface area contributed by atoms with Crippen molar-refractivity contribution in [1.29, 1.82) is 0 Å². The Labute approximate surface area is 104 Å². The van der Waals surface area contributed by atoms with Crippen molar-refractivity contribution in [3.63, 3.8) is 0 Å². The molecule has 0 N–H and O–H groups in total. The van der Waals surface area contributed by atoms with Crippen molar-refractivity contribution in [2.24, 2.45) is 5.92 Å². The molecule has 1 fully saturated rings. The van der Waals surface area contributed by atoms with Crippen LogP contribution in [0.5, 0.6) is 0 Å². The molecule has 2 heterocycles. The maximum absolute atomic E-state index is 13.8. The van der Waals surface area contributed by atoms with E-state index < -0.39 is 0 Å². The molecule has 0 radical (unpaired) electrons. The number of pyridine rings is 1. The Hall–Kier alpha value is -0.640. The van der Waals surface area contributed by atoms with Crippen LogP contribution in [0.3, 0.4) is 0 Å². The molecular weight excluding hydrogens is 271 g/mol. The molecule has 1 aromatic rings. The number of rotatable bonds is 1. The third-order valence-electron chi connectivity index (χ3n) is 3.18. The summed E-state index contributed by atoms with van der Waals surface area (Å²) in [5.74, 6) is 0.860. The quantitative estimate of drug-likeness (QED) is 0.784. The molecule has 0 bridgehead atoms. The number of hydrogen-bond donors (Lipinski definition) is 0. The molecule has 0 spiro atoms. The normalized spacial score (nSPS) is 25.9. The van der Waals surface area contributed by atoms with Crippen LogP contribution in [0, 0.1) is 11.7 Å². The zero-order chi connectivity index (χ0) is 11.7. The zero-order valence-corrected chi connectivity index (χ0v) is 11.2. The first kappa shape index (κ1) is 11.8. The van der Waals surface area contributed by atoms with Crippen molar-refractivity contribution in [1.82, 2.24) is 4.98 Å². The van der Waals surface area contributed by atoms with E-state index in [1.165, 1.54) is 12.5 Å². The predicted octanol–water partition coefficient (Wildman–Crippen LogP) is 3.61. The van der Waals surface area contributed by atoms with Gasteiger partial charge in [-0.2, -0.15) is 0 Å². The van der Waals surface area contributed by atoms with Crippen LogP contribution in [-0.4, -0.2) is 17.6 Å². The number of piperidine rings is 1. The summed E-state index contributed by atoms with van der Waals surface area (Å²) in [4.78, 5) is 6.27. The zero-order valence-electron chi connectivity index (χ0n) is 9.58. The van der Waals surface area contributed by atoms with Crippen molar-refractivity contribution < 1.29 is 4.39 Å². The van der Waals surface area contributed by atoms with Crippen molar-refractivity contribution in [3.05, 3.63) is 22.6 Å². The van der Waals surface area contributed by atoms with E-state index in [4.69, 9.17) is 0 Å². The van der Waals surface area contributed by atoms with Crippen LogP contribution in [0.25, 0.3) is 0 Å². The largest absolute Gasteiger partial charge is 0.351 e. The third kappa shape index (κ3) is 2.37. The van der Waals surface area contributed by atoms with Crippen LogP contribution in [-0.2, 0) is 0 Å². The molecule has 2 rings (SSSR count). The molecule has 4 heteroatoms. The highest BCUT2D eigenvalue weighted by atomic mass is 79.9. The second-order valence-corrected chi connectivity index (χ2v) is 5.56. The number of aromatic nitrogens is 1. The summed E-state index contributed by atoms with van der Waals surface area (Å²) in [5, 5.41) is 0. The van der Waals surface area contributed by atoms with Gasteiger partial charge in [0.25, 0.3) is 0 Å². The molecule has 0 aromatic carbocycles. The molecule has 2 atom stereocenters. The Balaban J connectivity index is 2.28. The monoisotopic (exact) mass is 286 g/mol. The van der Waals surface area contributed by atoms with Gasteiger partial charge in [-0.05, 0) is 47.7 Å². The Bertz CT molecular complexity index is 383. The summed E-state index contributed by atoms with van der Waals surface area (Å²) in [5.41, 5.74) is 0. The van der Waals surface area contributed by atoms with E-state index in [9.17, 15) is 4.39 Å². The minimum Gasteiger partial charge on any atom is -0.351 e. The van der Waals surface area contributed by atoms with Crippen molar-refractivity contribution in [2.75, 3.05) is 11.4 Å². The SMILES string of the molecule is CC1CCC(C)N(c2ncc(Br)cc2F)C1. The first-order valence-electron chi connectivity index (χ1n) is 5.65. The second kappa shape index (κ2) is 4.70. The van der Waals surface area contributed by atoms with Crippen LogP contribution >= 0.6 is 15.9 Å². The summed E-state index contributed by atoms with van der Waals surface area (Å²) in [6.07, 6.45) is 3.98. The minimum atomic E-state index is -0.240. The van der Waals surface area contributed by atoms with E-state index in [2.05, 4.69) is 39.7 Å². The molecule has 2 unspecified atom stereocenters. The van der Waals surface area contributed by atoms with E-state index in [0.717, 1.165) is 13.0 Å². The molecule has 0 amide bonds. The van der Waals surface area contributed by atoms with Gasteiger partial charge in [-0.25, -0.2) is 9.37 Å². The molecule has 1 aliphatic heterocycles. The van der Waals surface area contributed by atoms with Crippen molar-refractivity contribution >= 4 is 21.7 Å². The molecule has 88 valence electrons. The number of nitrogens with zero attached hydrogens (tertiary/aromatic N) is 2. The molecule has 1 aliphatic rings. The van der Waals surface area contributed by atoms with Gasteiger partial charge in [0.1, 0.15) is 0 Å². The summed E-state index contributed by atoms with van der Waals surface area (Å²) >= 11 is 3.23. The van der Waals surface area contributed by atoms with Gasteiger partial charge in [-0.1, -0.05) is 6.92 Å². The lowest BCUT2D eigenvalue weighted by atomic mass is 9.95. The molecule has 2 nitrogen and oxygen atoms in total. The van der Waals surface area contributed by atoms with E-state index in [1.54, 1.807) is 6.20 Å². The van der Waals surface area contributed by atoms with Gasteiger partial charge >= 0.3 is 0 Å². The maximum atomic E-state index is 13.8. The van der Waals surface area contributed by atoms with Crippen LogP contribution < -0.4 is 4.90 Å². The third-order valence-corrected chi connectivity index (χ3v) is 3.61. The fraction of sp³-hybridized carbons (Fsp3) is 0.583. The fourth-order valence-electron chi connectivity index (χ4n) is 2.20. The summed E-state index contributed by atoms with van der Waals surface area (Å²) < 4.78 is 14.5. The summed E-state index contributed by atoms with van der Waals surface area (Å²) in [7, 11) is 0. The Morgan fingerprint density at radius 1 is 1.44 bits per heavy atom. The lowest BCUT2D eigenvalue weighted by molar-refractivity contribution is 0.383. The smallest absolute Gasteiger partial charge is 0.166 e. The van der Waals surface area contributed by atoms with Crippen LogP contribution in [0.15, 0.2) is 16.7 Å². The molecular formula is C12H16BrFN2. The van der Waals surface area contributed by atoms with Gasteiger partial charge < -0.3 is 4.90 Å². The lowest BCUT2D eigenvalue weighted by Gasteiger charge is -2.37. The molecule has 1 aromatic heterocycles. The minimum absolute atomic E-state index is 0.240. The summed E-state index contributed by atoms with van der Waals surface area (Å²) in [6.45, 7) is 5.23. The van der Waals surface area contributed by atoms with Gasteiger partial charge in [-0.3, -0.25) is 0 Å². The Morgan fingerprint density at radius 3 is 2.88 bits per heavy atom. The van der Waals surface area contributed by atoms with Gasteiger partial charge in [0.05, 0.1) is 0 Å². The lowest BCUT2D eigenvalue weighted by Crippen LogP contribution is -2.42. The fourth-order valence-corrected chi connectivity index (χ4v) is 2.51. The predicted molar refractivity (Wildman–Crippen MR) is 67.1 cm³/mol. The van der Waals surface area contributed by atoms with Gasteiger partial charge in [0, 0.05) is 23.3 Å². The molecule has 16 heavy (non-hydrogen) atoms. The molecule has 1 saturated heterocycles. The van der Waals surface area contributed by atoms with Crippen LogP contribution in [0.4, 0.5) is 10.2 Å². The Morgan fingerprint density at radius 2 is 2.19 bits per heavy atom. The van der Waals surface area contributed by atoms with E-state index >= 15 is 0 Å². The number of hydrogen-bond acceptors (Lipinski definition) is 2. The molecule has 0 aliphatic carbocycles. The van der Waals surface area contributed by atoms with Crippen LogP contribution in [0.1, 0.15) is 26.7 Å². The summed E-state index contributed by atoms with van der Waals surface area (Å²) in [6, 6.07) is 1.85. The van der Waals surface area contributed by atoms with E-state index in [1.807, 2.05) is 0 Å². The standard InChI is InChI=1S/C12H16BrFN2/c1-8-3-4-9(2)16(7-8)12-11(14)5-10(13)6-15-12/h5-6,8-9H,3-4,7H2,1-2H3. The Kier molecular flexibility index (Phi) is 3.47.